The van der Waals surface area contributed by atoms with Crippen molar-refractivity contribution in [3.05, 3.63) is 89.2 Å². The summed E-state index contributed by atoms with van der Waals surface area (Å²) in [4.78, 5) is 28.5. The van der Waals surface area contributed by atoms with Gasteiger partial charge in [0.25, 0.3) is 0 Å². The lowest BCUT2D eigenvalue weighted by Crippen LogP contribution is -2.53. The predicted molar refractivity (Wildman–Crippen MR) is 135 cm³/mol. The van der Waals surface area contributed by atoms with Crippen LogP contribution in [0.2, 0.25) is 0 Å². The van der Waals surface area contributed by atoms with Crippen LogP contribution in [0.5, 0.6) is 0 Å². The SMILES string of the molecule is N[C@@H](C(=O)N1CCC[C@H]1C(=O)NCC1CCc2n[nH]cc2C1)C(c1ccccc1)c1ccccc1. The van der Waals surface area contributed by atoms with Crippen LogP contribution in [0.3, 0.4) is 0 Å². The predicted octanol–water partition coefficient (Wildman–Crippen LogP) is 2.78. The number of amides is 2. The second-order valence-electron chi connectivity index (χ2n) is 9.73. The molecule has 4 N–H and O–H groups in total. The van der Waals surface area contributed by atoms with Crippen molar-refractivity contribution in [1.29, 1.82) is 0 Å². The smallest absolute Gasteiger partial charge is 0.242 e. The summed E-state index contributed by atoms with van der Waals surface area (Å²) < 4.78 is 0. The van der Waals surface area contributed by atoms with Gasteiger partial charge in [-0.15, -0.1) is 0 Å². The molecule has 35 heavy (non-hydrogen) atoms. The van der Waals surface area contributed by atoms with E-state index in [9.17, 15) is 9.59 Å². The molecule has 1 aromatic heterocycles. The highest BCUT2D eigenvalue weighted by Crippen LogP contribution is 2.30. The summed E-state index contributed by atoms with van der Waals surface area (Å²) in [6, 6.07) is 18.6. The summed E-state index contributed by atoms with van der Waals surface area (Å²) in [5, 5.41) is 10.4. The average molecular weight is 472 g/mol. The molecule has 2 amide bonds. The Kier molecular flexibility index (Phi) is 6.95. The fourth-order valence-electron chi connectivity index (χ4n) is 5.59. The first-order chi connectivity index (χ1) is 17.1. The second kappa shape index (κ2) is 10.4. The standard InChI is InChI=1S/C28H33N5O2/c29-26(25(20-8-3-1-4-9-20)21-10-5-2-6-11-21)28(35)33-15-7-12-24(33)27(34)30-17-19-13-14-23-22(16-19)18-31-32-23/h1-6,8-11,18-19,24-26H,7,12-17,29H2,(H,30,34)(H,31,32)/t19?,24-,26+/m0/s1. The molecule has 1 saturated heterocycles. The van der Waals surface area contributed by atoms with Gasteiger partial charge in [-0.2, -0.15) is 5.10 Å². The van der Waals surface area contributed by atoms with Crippen molar-refractivity contribution >= 4 is 11.8 Å². The number of hydrogen-bond donors (Lipinski definition) is 3. The Morgan fingerprint density at radius 1 is 1.06 bits per heavy atom. The van der Waals surface area contributed by atoms with E-state index >= 15 is 0 Å². The van der Waals surface area contributed by atoms with E-state index in [1.165, 1.54) is 5.56 Å². The number of nitrogens with one attached hydrogen (secondary N) is 2. The van der Waals surface area contributed by atoms with E-state index < -0.39 is 12.1 Å². The first-order valence-corrected chi connectivity index (χ1v) is 12.6. The minimum Gasteiger partial charge on any atom is -0.354 e. The van der Waals surface area contributed by atoms with Crippen molar-refractivity contribution in [2.45, 2.75) is 50.1 Å². The van der Waals surface area contributed by atoms with Gasteiger partial charge < -0.3 is 16.0 Å². The molecule has 5 rings (SSSR count). The van der Waals surface area contributed by atoms with E-state index in [1.807, 2.05) is 66.9 Å². The third-order valence-electron chi connectivity index (χ3n) is 7.47. The van der Waals surface area contributed by atoms with E-state index in [4.69, 9.17) is 5.73 Å². The normalized spacial score (nSPS) is 20.5. The molecular weight excluding hydrogens is 438 g/mol. The van der Waals surface area contributed by atoms with Gasteiger partial charge in [-0.05, 0) is 54.7 Å². The molecule has 0 bridgehead atoms. The van der Waals surface area contributed by atoms with Gasteiger partial charge >= 0.3 is 0 Å². The third kappa shape index (κ3) is 5.00. The number of fused-ring (bicyclic) bond motifs is 1. The Labute approximate surface area is 206 Å². The first-order valence-electron chi connectivity index (χ1n) is 12.6. The number of aromatic nitrogens is 2. The Morgan fingerprint density at radius 2 is 1.74 bits per heavy atom. The largest absolute Gasteiger partial charge is 0.354 e. The van der Waals surface area contributed by atoms with Crippen LogP contribution in [0.4, 0.5) is 0 Å². The fourth-order valence-corrected chi connectivity index (χ4v) is 5.59. The minimum atomic E-state index is -0.772. The summed E-state index contributed by atoms with van der Waals surface area (Å²) >= 11 is 0. The van der Waals surface area contributed by atoms with Gasteiger partial charge in [0.15, 0.2) is 0 Å². The lowest BCUT2D eigenvalue weighted by Gasteiger charge is -2.31. The Balaban J connectivity index is 1.26. The van der Waals surface area contributed by atoms with Crippen molar-refractivity contribution in [1.82, 2.24) is 20.4 Å². The van der Waals surface area contributed by atoms with Crippen LogP contribution >= 0.6 is 0 Å². The van der Waals surface area contributed by atoms with Crippen LogP contribution in [0, 0.1) is 5.92 Å². The molecule has 1 aliphatic carbocycles. The molecule has 0 saturated carbocycles. The molecule has 1 fully saturated rings. The highest BCUT2D eigenvalue weighted by atomic mass is 16.2. The van der Waals surface area contributed by atoms with Crippen LogP contribution in [0.1, 0.15) is 47.6 Å². The number of nitrogens with zero attached hydrogens (tertiary/aromatic N) is 2. The van der Waals surface area contributed by atoms with Crippen molar-refractivity contribution in [3.63, 3.8) is 0 Å². The number of likely N-dealkylation sites (tertiary alicyclic amines) is 1. The van der Waals surface area contributed by atoms with Gasteiger partial charge in [0, 0.05) is 25.2 Å². The molecule has 2 aliphatic rings. The van der Waals surface area contributed by atoms with E-state index in [1.54, 1.807) is 4.90 Å². The molecule has 3 aromatic rings. The molecule has 7 nitrogen and oxygen atoms in total. The highest BCUT2D eigenvalue weighted by molar-refractivity contribution is 5.91. The van der Waals surface area contributed by atoms with E-state index in [2.05, 4.69) is 15.5 Å². The molecular formula is C28H33N5O2. The minimum absolute atomic E-state index is 0.0722. The summed E-state index contributed by atoms with van der Waals surface area (Å²) in [5.41, 5.74) is 11.0. The van der Waals surface area contributed by atoms with Crippen LogP contribution in [0.15, 0.2) is 66.9 Å². The molecule has 2 aromatic carbocycles. The van der Waals surface area contributed by atoms with E-state index in [0.29, 0.717) is 25.4 Å². The second-order valence-corrected chi connectivity index (χ2v) is 9.73. The van der Waals surface area contributed by atoms with Crippen LogP contribution in [-0.4, -0.2) is 52.1 Å². The molecule has 7 heteroatoms. The van der Waals surface area contributed by atoms with Crippen molar-refractivity contribution in [2.75, 3.05) is 13.1 Å². The number of benzene rings is 2. The Hall–Kier alpha value is -3.45. The molecule has 1 unspecified atom stereocenters. The topological polar surface area (TPSA) is 104 Å². The number of H-pyrrole nitrogens is 1. The monoisotopic (exact) mass is 471 g/mol. The van der Waals surface area contributed by atoms with Crippen molar-refractivity contribution < 1.29 is 9.59 Å². The number of rotatable bonds is 7. The number of aromatic amines is 1. The molecule has 0 radical (unpaired) electrons. The summed E-state index contributed by atoms with van der Waals surface area (Å²) in [6.45, 7) is 1.17. The fraction of sp³-hybridized carbons (Fsp3) is 0.393. The highest BCUT2D eigenvalue weighted by Gasteiger charge is 2.39. The van der Waals surface area contributed by atoms with Crippen LogP contribution in [-0.2, 0) is 22.4 Å². The molecule has 0 spiro atoms. The number of nitrogens with two attached hydrogens (primary N) is 1. The Morgan fingerprint density at radius 3 is 2.43 bits per heavy atom. The maximum Gasteiger partial charge on any atom is 0.242 e. The molecule has 1 aliphatic heterocycles. The summed E-state index contributed by atoms with van der Waals surface area (Å²) in [5.74, 6) is -0.129. The van der Waals surface area contributed by atoms with E-state index in [-0.39, 0.29) is 17.7 Å². The zero-order chi connectivity index (χ0) is 24.2. The lowest BCUT2D eigenvalue weighted by molar-refractivity contribution is -0.139. The van der Waals surface area contributed by atoms with Gasteiger partial charge in [-0.1, -0.05) is 60.7 Å². The van der Waals surface area contributed by atoms with Crippen LogP contribution < -0.4 is 11.1 Å². The Bertz CT molecular complexity index is 1110. The number of carbonyl (C=O) groups excluding carboxylic acids is 2. The van der Waals surface area contributed by atoms with Gasteiger partial charge in [0.05, 0.1) is 11.7 Å². The average Bonchev–Trinajstić information content (AvgIpc) is 3.58. The van der Waals surface area contributed by atoms with Gasteiger partial charge in [-0.3, -0.25) is 14.7 Å². The quantitative estimate of drug-likeness (QED) is 0.493. The molecule has 3 atom stereocenters. The van der Waals surface area contributed by atoms with Gasteiger partial charge in [-0.25, -0.2) is 0 Å². The van der Waals surface area contributed by atoms with Crippen molar-refractivity contribution in [2.24, 2.45) is 11.7 Å². The zero-order valence-electron chi connectivity index (χ0n) is 19.9. The van der Waals surface area contributed by atoms with Crippen LogP contribution in [0.25, 0.3) is 0 Å². The molecule has 2 heterocycles. The van der Waals surface area contributed by atoms with E-state index in [0.717, 1.165) is 42.5 Å². The van der Waals surface area contributed by atoms with Crippen molar-refractivity contribution in [3.8, 4) is 0 Å². The number of carbonyl (C=O) groups is 2. The zero-order valence-corrected chi connectivity index (χ0v) is 19.9. The van der Waals surface area contributed by atoms with Gasteiger partial charge in [0.1, 0.15) is 6.04 Å². The first kappa shape index (κ1) is 23.3. The third-order valence-corrected chi connectivity index (χ3v) is 7.47. The maximum atomic E-state index is 13.7. The summed E-state index contributed by atoms with van der Waals surface area (Å²) in [6.07, 6.45) is 6.29. The number of hydrogen-bond acceptors (Lipinski definition) is 4. The maximum absolute atomic E-state index is 13.7. The lowest BCUT2D eigenvalue weighted by atomic mass is 9.84. The number of aryl methyl sites for hydroxylation is 1. The molecule has 182 valence electrons. The summed E-state index contributed by atoms with van der Waals surface area (Å²) in [7, 11) is 0. The van der Waals surface area contributed by atoms with Gasteiger partial charge in [0.2, 0.25) is 11.8 Å².